The van der Waals surface area contributed by atoms with Gasteiger partial charge >= 0.3 is 0 Å². The monoisotopic (exact) mass is 389 g/mol. The predicted molar refractivity (Wildman–Crippen MR) is 116 cm³/mol. The van der Waals surface area contributed by atoms with Crippen LogP contribution in [-0.2, 0) is 0 Å². The second-order valence-electron chi connectivity index (χ2n) is 5.91. The van der Waals surface area contributed by atoms with E-state index in [4.69, 9.17) is 11.6 Å². The van der Waals surface area contributed by atoms with Gasteiger partial charge in [0.15, 0.2) is 0 Å². The number of halogens is 1. The second kappa shape index (κ2) is 8.16. The number of nitrogens with one attached hydrogen (secondary N) is 1. The van der Waals surface area contributed by atoms with Crippen molar-refractivity contribution in [1.82, 2.24) is 4.98 Å². The number of anilines is 1. The van der Waals surface area contributed by atoms with Crippen molar-refractivity contribution in [3.63, 3.8) is 0 Å². The minimum Gasteiger partial charge on any atom is -0.253 e. The van der Waals surface area contributed by atoms with Crippen molar-refractivity contribution in [2.45, 2.75) is 0 Å². The highest BCUT2D eigenvalue weighted by molar-refractivity contribution is 7.14. The molecule has 27 heavy (non-hydrogen) atoms. The molecule has 0 aliphatic rings. The minimum atomic E-state index is 0.737. The lowest BCUT2D eigenvalue weighted by Crippen LogP contribution is -1.90. The van der Waals surface area contributed by atoms with Crippen LogP contribution in [0, 0.1) is 0 Å². The molecule has 5 heteroatoms. The normalized spacial score (nSPS) is 11.0. The van der Waals surface area contributed by atoms with Gasteiger partial charge < -0.3 is 0 Å². The van der Waals surface area contributed by atoms with Crippen LogP contribution < -0.4 is 5.43 Å². The highest BCUT2D eigenvalue weighted by atomic mass is 35.5. The third kappa shape index (κ3) is 4.42. The molecule has 0 fully saturated rings. The van der Waals surface area contributed by atoms with Crippen molar-refractivity contribution in [1.29, 1.82) is 0 Å². The number of thiazole rings is 1. The van der Waals surface area contributed by atoms with Gasteiger partial charge in [0.05, 0.1) is 11.9 Å². The largest absolute Gasteiger partial charge is 0.253 e. The molecule has 3 aromatic carbocycles. The highest BCUT2D eigenvalue weighted by Gasteiger charge is 2.03. The Labute approximate surface area is 167 Å². The summed E-state index contributed by atoms with van der Waals surface area (Å²) in [7, 11) is 0. The van der Waals surface area contributed by atoms with Gasteiger partial charge in [-0.3, -0.25) is 5.43 Å². The smallest absolute Gasteiger partial charge is 0.203 e. The summed E-state index contributed by atoms with van der Waals surface area (Å²) >= 11 is 7.59. The summed E-state index contributed by atoms with van der Waals surface area (Å²) in [6.07, 6.45) is 1.78. The number of hydrazone groups is 1. The lowest BCUT2D eigenvalue weighted by molar-refractivity contribution is 1.29. The Hall–Kier alpha value is -2.95. The van der Waals surface area contributed by atoms with E-state index in [9.17, 15) is 0 Å². The van der Waals surface area contributed by atoms with Crippen molar-refractivity contribution in [2.24, 2.45) is 5.10 Å². The van der Waals surface area contributed by atoms with Gasteiger partial charge in [0.2, 0.25) is 5.13 Å². The Morgan fingerprint density at radius 2 is 1.63 bits per heavy atom. The number of rotatable bonds is 5. The van der Waals surface area contributed by atoms with E-state index in [1.54, 1.807) is 6.21 Å². The van der Waals surface area contributed by atoms with Crippen LogP contribution in [0.15, 0.2) is 89.3 Å². The van der Waals surface area contributed by atoms with Crippen LogP contribution in [0.3, 0.4) is 0 Å². The van der Waals surface area contributed by atoms with Crippen LogP contribution in [0.25, 0.3) is 22.4 Å². The molecule has 0 amide bonds. The molecule has 1 aromatic heterocycles. The van der Waals surface area contributed by atoms with Gasteiger partial charge in [-0.05, 0) is 28.8 Å². The van der Waals surface area contributed by atoms with Crippen molar-refractivity contribution in [2.75, 3.05) is 5.43 Å². The van der Waals surface area contributed by atoms with Gasteiger partial charge in [-0.25, -0.2) is 4.98 Å². The Balaban J connectivity index is 1.41. The van der Waals surface area contributed by atoms with E-state index in [1.807, 2.05) is 72.1 Å². The van der Waals surface area contributed by atoms with Crippen molar-refractivity contribution < 1.29 is 0 Å². The van der Waals surface area contributed by atoms with E-state index in [-0.39, 0.29) is 0 Å². The van der Waals surface area contributed by atoms with E-state index >= 15 is 0 Å². The van der Waals surface area contributed by atoms with E-state index < -0.39 is 0 Å². The third-order valence-electron chi connectivity index (χ3n) is 4.02. The molecule has 0 saturated heterocycles. The van der Waals surface area contributed by atoms with Crippen LogP contribution in [0.1, 0.15) is 5.56 Å². The van der Waals surface area contributed by atoms with Gasteiger partial charge in [0.1, 0.15) is 0 Å². The lowest BCUT2D eigenvalue weighted by Gasteiger charge is -2.02. The molecule has 0 atom stereocenters. The summed E-state index contributed by atoms with van der Waals surface area (Å²) < 4.78 is 0. The fraction of sp³-hybridized carbons (Fsp3) is 0. The first-order valence-corrected chi connectivity index (χ1v) is 9.70. The number of hydrogen-bond donors (Lipinski definition) is 1. The van der Waals surface area contributed by atoms with Crippen LogP contribution in [0.2, 0.25) is 5.02 Å². The second-order valence-corrected chi connectivity index (χ2v) is 7.20. The summed E-state index contributed by atoms with van der Waals surface area (Å²) in [6.45, 7) is 0. The number of benzene rings is 3. The molecule has 0 bridgehead atoms. The fourth-order valence-electron chi connectivity index (χ4n) is 2.66. The van der Waals surface area contributed by atoms with Gasteiger partial charge in [-0.1, -0.05) is 78.3 Å². The van der Waals surface area contributed by atoms with E-state index in [2.05, 4.69) is 27.6 Å². The van der Waals surface area contributed by atoms with Crippen molar-refractivity contribution in [3.05, 3.63) is 94.8 Å². The molecule has 4 rings (SSSR count). The lowest BCUT2D eigenvalue weighted by atomic mass is 10.0. The Bertz CT molecular complexity index is 1060. The number of hydrogen-bond acceptors (Lipinski definition) is 4. The molecular formula is C22H16ClN3S. The van der Waals surface area contributed by atoms with Gasteiger partial charge in [-0.15, -0.1) is 11.3 Å². The van der Waals surface area contributed by atoms with Crippen LogP contribution in [-0.4, -0.2) is 11.2 Å². The van der Waals surface area contributed by atoms with Crippen LogP contribution >= 0.6 is 22.9 Å². The number of nitrogens with zero attached hydrogens (tertiary/aromatic N) is 2. The van der Waals surface area contributed by atoms with E-state index in [0.717, 1.165) is 38.1 Å². The summed E-state index contributed by atoms with van der Waals surface area (Å²) in [5.74, 6) is 0. The quantitative estimate of drug-likeness (QED) is 0.309. The molecule has 0 unspecified atom stereocenters. The van der Waals surface area contributed by atoms with Gasteiger partial charge in [-0.2, -0.15) is 5.10 Å². The third-order valence-corrected chi connectivity index (χ3v) is 5.00. The Kier molecular flexibility index (Phi) is 5.28. The molecule has 0 spiro atoms. The number of aromatic nitrogens is 1. The minimum absolute atomic E-state index is 0.737. The summed E-state index contributed by atoms with van der Waals surface area (Å²) in [4.78, 5) is 4.55. The Morgan fingerprint density at radius 1 is 0.852 bits per heavy atom. The predicted octanol–water partition coefficient (Wildman–Crippen LogP) is 6.58. The molecule has 3 nitrogen and oxygen atoms in total. The van der Waals surface area contributed by atoms with Crippen LogP contribution in [0.4, 0.5) is 5.13 Å². The highest BCUT2D eigenvalue weighted by Crippen LogP contribution is 2.25. The first-order chi connectivity index (χ1) is 13.3. The first-order valence-electron chi connectivity index (χ1n) is 8.44. The maximum absolute atomic E-state index is 6.06. The zero-order valence-corrected chi connectivity index (χ0v) is 15.9. The molecule has 0 aliphatic heterocycles. The Morgan fingerprint density at radius 3 is 2.41 bits per heavy atom. The molecule has 0 saturated carbocycles. The molecule has 132 valence electrons. The molecule has 0 aliphatic carbocycles. The average Bonchev–Trinajstić information content (AvgIpc) is 3.18. The van der Waals surface area contributed by atoms with Crippen molar-refractivity contribution >= 4 is 34.3 Å². The first kappa shape index (κ1) is 17.5. The average molecular weight is 390 g/mol. The molecule has 4 aromatic rings. The fourth-order valence-corrected chi connectivity index (χ4v) is 3.52. The van der Waals surface area contributed by atoms with Crippen molar-refractivity contribution in [3.8, 4) is 22.4 Å². The summed E-state index contributed by atoms with van der Waals surface area (Å²) in [5.41, 5.74) is 8.27. The van der Waals surface area contributed by atoms with E-state index in [0.29, 0.717) is 0 Å². The van der Waals surface area contributed by atoms with Gasteiger partial charge in [0, 0.05) is 16.0 Å². The summed E-state index contributed by atoms with van der Waals surface area (Å²) in [5, 5.41) is 7.81. The maximum Gasteiger partial charge on any atom is 0.203 e. The zero-order chi connectivity index (χ0) is 18.5. The molecule has 0 radical (unpaired) electrons. The summed E-state index contributed by atoms with van der Waals surface area (Å²) in [6, 6.07) is 26.1. The molecular weight excluding hydrogens is 374 g/mol. The van der Waals surface area contributed by atoms with Crippen LogP contribution in [0.5, 0.6) is 0 Å². The van der Waals surface area contributed by atoms with Gasteiger partial charge in [0.25, 0.3) is 0 Å². The standard InChI is InChI=1S/C22H16ClN3S/c23-20-8-4-7-19(13-20)17-11-9-16(10-12-17)14-24-26-22-25-21(15-27-22)18-5-2-1-3-6-18/h1-15H,(H,25,26). The SMILES string of the molecule is Clc1cccc(-c2ccc(C=NNc3nc(-c4ccccc4)cs3)cc2)c1. The zero-order valence-electron chi connectivity index (χ0n) is 14.3. The topological polar surface area (TPSA) is 37.3 Å². The van der Waals surface area contributed by atoms with E-state index in [1.165, 1.54) is 11.3 Å². The molecule has 1 heterocycles. The maximum atomic E-state index is 6.06. The molecule has 1 N–H and O–H groups in total.